The van der Waals surface area contributed by atoms with Gasteiger partial charge in [0, 0.05) is 18.7 Å². The van der Waals surface area contributed by atoms with E-state index in [1.54, 1.807) is 7.05 Å². The van der Waals surface area contributed by atoms with Crippen molar-refractivity contribution in [3.8, 4) is 0 Å². The highest BCUT2D eigenvalue weighted by Crippen LogP contribution is 2.31. The first-order valence-corrected chi connectivity index (χ1v) is 5.66. The molecule has 20 heavy (non-hydrogen) atoms. The highest BCUT2D eigenvalue weighted by molar-refractivity contribution is 6.34. The average Bonchev–Trinajstić information content (AvgIpc) is 2.77. The molecule has 2 rings (SSSR count). The summed E-state index contributed by atoms with van der Waals surface area (Å²) in [5, 5.41) is 17.0. The second-order valence-electron chi connectivity index (χ2n) is 3.81. The van der Waals surface area contributed by atoms with Crippen LogP contribution in [-0.4, -0.2) is 25.6 Å². The van der Waals surface area contributed by atoms with Crippen LogP contribution >= 0.6 is 11.6 Å². The van der Waals surface area contributed by atoms with Gasteiger partial charge in [-0.3, -0.25) is 20.2 Å². The van der Waals surface area contributed by atoms with Gasteiger partial charge in [-0.05, 0) is 6.07 Å². The molecule has 0 aliphatic carbocycles. The van der Waals surface area contributed by atoms with Gasteiger partial charge < -0.3 is 5.73 Å². The van der Waals surface area contributed by atoms with Crippen LogP contribution in [0.4, 0.5) is 17.3 Å². The molecular formula is C10H9ClN6O3. The first-order valence-electron chi connectivity index (χ1n) is 5.29. The van der Waals surface area contributed by atoms with Gasteiger partial charge in [-0.2, -0.15) is 10.1 Å². The first kappa shape index (κ1) is 13.7. The zero-order valence-corrected chi connectivity index (χ0v) is 11.0. The smallest absolute Gasteiger partial charge is 0.294 e. The van der Waals surface area contributed by atoms with Crippen LogP contribution in [0.5, 0.6) is 0 Å². The molecule has 1 aromatic carbocycles. The molecule has 2 aromatic rings. The van der Waals surface area contributed by atoms with Gasteiger partial charge in [0.2, 0.25) is 5.95 Å². The van der Waals surface area contributed by atoms with Crippen molar-refractivity contribution in [2.75, 3.05) is 11.1 Å². The highest BCUT2D eigenvalue weighted by Gasteiger charge is 2.20. The molecule has 0 aliphatic heterocycles. The Morgan fingerprint density at radius 3 is 2.80 bits per heavy atom. The molecule has 0 atom stereocenters. The lowest BCUT2D eigenvalue weighted by molar-refractivity contribution is -0.383. The number of benzene rings is 1. The summed E-state index contributed by atoms with van der Waals surface area (Å²) in [5.41, 5.74) is 4.86. The number of nitrogens with two attached hydrogens (primary N) is 1. The topological polar surface area (TPSA) is 129 Å². The quantitative estimate of drug-likeness (QED) is 0.497. The molecule has 0 saturated heterocycles. The largest absolute Gasteiger partial charge is 0.392 e. The summed E-state index contributed by atoms with van der Waals surface area (Å²) >= 11 is 5.78. The Kier molecular flexibility index (Phi) is 3.53. The number of aromatic nitrogens is 3. The number of amides is 1. The normalized spacial score (nSPS) is 10.3. The van der Waals surface area contributed by atoms with Crippen molar-refractivity contribution < 1.29 is 9.72 Å². The number of halogens is 1. The number of nitro groups is 1. The Balaban J connectivity index is 2.36. The molecule has 0 spiro atoms. The number of nitrogen functional groups attached to an aromatic ring is 1. The maximum absolute atomic E-state index is 12.0. The van der Waals surface area contributed by atoms with Crippen LogP contribution in [0.1, 0.15) is 10.4 Å². The third-order valence-corrected chi connectivity index (χ3v) is 2.82. The standard InChI is InChI=1S/C10H9ClN6O3/c1-16-10(13-4-14-16)15-9(18)5-2-6(11)8(12)7(3-5)17(19)20/h2-4H,12H2,1H3,(H,13,14,15,18). The minimum atomic E-state index is -0.708. The Morgan fingerprint density at radius 2 is 2.25 bits per heavy atom. The van der Waals surface area contributed by atoms with Gasteiger partial charge in [-0.25, -0.2) is 4.68 Å². The Labute approximate surface area is 117 Å². The van der Waals surface area contributed by atoms with Crippen molar-refractivity contribution in [3.63, 3.8) is 0 Å². The van der Waals surface area contributed by atoms with Gasteiger partial charge in [0.25, 0.3) is 11.6 Å². The van der Waals surface area contributed by atoms with Crippen molar-refractivity contribution in [1.82, 2.24) is 14.8 Å². The minimum Gasteiger partial charge on any atom is -0.392 e. The van der Waals surface area contributed by atoms with Gasteiger partial charge in [-0.15, -0.1) is 0 Å². The van der Waals surface area contributed by atoms with Crippen molar-refractivity contribution >= 4 is 34.8 Å². The van der Waals surface area contributed by atoms with E-state index in [0.717, 1.165) is 6.07 Å². The number of hydrogen-bond acceptors (Lipinski definition) is 6. The van der Waals surface area contributed by atoms with E-state index in [2.05, 4.69) is 15.4 Å². The van der Waals surface area contributed by atoms with E-state index in [-0.39, 0.29) is 22.2 Å². The van der Waals surface area contributed by atoms with E-state index in [0.29, 0.717) is 0 Å². The first-order chi connectivity index (χ1) is 9.40. The molecule has 0 bridgehead atoms. The molecule has 0 unspecified atom stereocenters. The third kappa shape index (κ3) is 2.52. The summed E-state index contributed by atoms with van der Waals surface area (Å²) in [6.45, 7) is 0. The molecule has 0 aliphatic rings. The molecule has 1 amide bonds. The summed E-state index contributed by atoms with van der Waals surface area (Å²) in [5.74, 6) is -0.406. The van der Waals surface area contributed by atoms with Crippen LogP contribution in [0, 0.1) is 10.1 Å². The third-order valence-electron chi connectivity index (χ3n) is 2.50. The van der Waals surface area contributed by atoms with Crippen LogP contribution in [0.15, 0.2) is 18.5 Å². The number of anilines is 2. The summed E-state index contributed by atoms with van der Waals surface area (Å²) in [6.07, 6.45) is 1.26. The summed E-state index contributed by atoms with van der Waals surface area (Å²) in [7, 11) is 1.58. The van der Waals surface area contributed by atoms with E-state index >= 15 is 0 Å². The summed E-state index contributed by atoms with van der Waals surface area (Å²) in [6, 6.07) is 2.29. The predicted molar refractivity (Wildman–Crippen MR) is 71.5 cm³/mol. The van der Waals surface area contributed by atoms with E-state index in [1.165, 1.54) is 17.1 Å². The predicted octanol–water partition coefficient (Wildman–Crippen LogP) is 1.21. The fraction of sp³-hybridized carbons (Fsp3) is 0.100. The number of nitrogens with one attached hydrogen (secondary N) is 1. The van der Waals surface area contributed by atoms with Gasteiger partial charge in [0.15, 0.2) is 0 Å². The van der Waals surface area contributed by atoms with Gasteiger partial charge in [0.1, 0.15) is 12.0 Å². The molecule has 1 heterocycles. The van der Waals surface area contributed by atoms with E-state index in [9.17, 15) is 14.9 Å². The molecule has 1 aromatic heterocycles. The lowest BCUT2D eigenvalue weighted by Gasteiger charge is -2.06. The zero-order valence-electron chi connectivity index (χ0n) is 10.2. The van der Waals surface area contributed by atoms with Crippen LogP contribution in [0.25, 0.3) is 0 Å². The number of carbonyl (C=O) groups excluding carboxylic acids is 1. The molecule has 0 radical (unpaired) electrons. The average molecular weight is 297 g/mol. The number of hydrogen-bond donors (Lipinski definition) is 2. The molecular weight excluding hydrogens is 288 g/mol. The van der Waals surface area contributed by atoms with Crippen LogP contribution in [0.3, 0.4) is 0 Å². The lowest BCUT2D eigenvalue weighted by Crippen LogP contribution is -2.16. The molecule has 0 fully saturated rings. The SMILES string of the molecule is Cn1ncnc1NC(=O)c1cc(Cl)c(N)c([N+](=O)[O-])c1. The molecule has 9 nitrogen and oxygen atoms in total. The van der Waals surface area contributed by atoms with E-state index in [4.69, 9.17) is 17.3 Å². The maximum atomic E-state index is 12.0. The van der Waals surface area contributed by atoms with Gasteiger partial charge >= 0.3 is 0 Å². The number of rotatable bonds is 3. The fourth-order valence-electron chi connectivity index (χ4n) is 1.47. The monoisotopic (exact) mass is 296 g/mol. The Hall–Kier alpha value is -2.68. The van der Waals surface area contributed by atoms with Crippen LogP contribution in [0.2, 0.25) is 5.02 Å². The highest BCUT2D eigenvalue weighted by atomic mass is 35.5. The minimum absolute atomic E-state index is 0.00102. The molecule has 104 valence electrons. The lowest BCUT2D eigenvalue weighted by atomic mass is 10.1. The number of carbonyl (C=O) groups is 1. The summed E-state index contributed by atoms with van der Waals surface area (Å²) < 4.78 is 1.34. The molecule has 3 N–H and O–H groups in total. The van der Waals surface area contributed by atoms with E-state index < -0.39 is 16.5 Å². The zero-order chi connectivity index (χ0) is 14.9. The maximum Gasteiger partial charge on any atom is 0.294 e. The number of nitro benzene ring substituents is 1. The molecule has 0 saturated carbocycles. The van der Waals surface area contributed by atoms with Crippen molar-refractivity contribution in [1.29, 1.82) is 0 Å². The van der Waals surface area contributed by atoms with E-state index in [1.807, 2.05) is 0 Å². The van der Waals surface area contributed by atoms with Crippen molar-refractivity contribution in [2.24, 2.45) is 7.05 Å². The Bertz CT molecular complexity index is 698. The summed E-state index contributed by atoms with van der Waals surface area (Å²) in [4.78, 5) is 25.9. The molecule has 10 heteroatoms. The van der Waals surface area contributed by atoms with Crippen LogP contribution < -0.4 is 11.1 Å². The fourth-order valence-corrected chi connectivity index (χ4v) is 1.68. The van der Waals surface area contributed by atoms with Crippen molar-refractivity contribution in [3.05, 3.63) is 39.2 Å². The van der Waals surface area contributed by atoms with Gasteiger partial charge in [-0.1, -0.05) is 11.6 Å². The second kappa shape index (κ2) is 5.13. The Morgan fingerprint density at radius 1 is 1.55 bits per heavy atom. The number of nitrogens with zero attached hydrogens (tertiary/aromatic N) is 4. The van der Waals surface area contributed by atoms with Gasteiger partial charge in [0.05, 0.1) is 9.95 Å². The second-order valence-corrected chi connectivity index (χ2v) is 4.22. The van der Waals surface area contributed by atoms with Crippen LogP contribution in [-0.2, 0) is 7.05 Å². The number of aryl methyl sites for hydroxylation is 1. The van der Waals surface area contributed by atoms with Crippen molar-refractivity contribution in [2.45, 2.75) is 0 Å².